The summed E-state index contributed by atoms with van der Waals surface area (Å²) in [6.07, 6.45) is 1.64. The summed E-state index contributed by atoms with van der Waals surface area (Å²) in [5, 5.41) is 14.0. The molecule has 0 aliphatic heterocycles. The summed E-state index contributed by atoms with van der Waals surface area (Å²) < 4.78 is 0. The minimum absolute atomic E-state index is 0.112. The summed E-state index contributed by atoms with van der Waals surface area (Å²) in [4.78, 5) is 13.2. The molecular weight excluding hydrogens is 280 g/mol. The first kappa shape index (κ1) is 15.0. The molecule has 1 aromatic heterocycles. The fraction of sp³-hybridized carbons (Fsp3) is 0.176. The second kappa shape index (κ2) is 6.38. The lowest BCUT2D eigenvalue weighted by Crippen LogP contribution is -2.14. The van der Waals surface area contributed by atoms with Crippen molar-refractivity contribution in [3.05, 3.63) is 56.8 Å². The number of nitrogens with one attached hydrogen (secondary N) is 1. The largest absolute Gasteiger partial charge is 0.321 e. The Hall–Kier alpha value is -2.38. The van der Waals surface area contributed by atoms with E-state index in [0.717, 1.165) is 27.3 Å². The lowest BCUT2D eigenvalue weighted by atomic mass is 10.1. The van der Waals surface area contributed by atoms with Crippen molar-refractivity contribution < 1.29 is 4.79 Å². The normalized spacial score (nSPS) is 11.0. The number of rotatable bonds is 3. The van der Waals surface area contributed by atoms with Gasteiger partial charge in [-0.3, -0.25) is 4.79 Å². The van der Waals surface area contributed by atoms with Gasteiger partial charge in [-0.2, -0.15) is 5.26 Å². The summed E-state index contributed by atoms with van der Waals surface area (Å²) in [6, 6.07) is 9.66. The van der Waals surface area contributed by atoms with Gasteiger partial charge in [0.2, 0.25) is 0 Å². The third kappa shape index (κ3) is 3.39. The molecule has 0 atom stereocenters. The van der Waals surface area contributed by atoms with Gasteiger partial charge in [0.05, 0.1) is 0 Å². The Morgan fingerprint density at radius 3 is 2.62 bits per heavy atom. The van der Waals surface area contributed by atoms with Gasteiger partial charge in [-0.25, -0.2) is 0 Å². The molecule has 1 N–H and O–H groups in total. The van der Waals surface area contributed by atoms with Crippen LogP contribution in [0, 0.1) is 32.1 Å². The molecule has 0 radical (unpaired) electrons. The number of anilines is 1. The maximum Gasteiger partial charge on any atom is 0.266 e. The molecule has 0 saturated carbocycles. The standard InChI is InChI=1S/C17H16N2OS/c1-11-5-4-6-15(13(11)3)19-17(20)14(10-18)9-16-12(2)7-8-21-16/h4-9H,1-3H3,(H,19,20)/b14-9+. The van der Waals surface area contributed by atoms with Gasteiger partial charge in [-0.1, -0.05) is 12.1 Å². The van der Waals surface area contributed by atoms with Gasteiger partial charge in [0.1, 0.15) is 11.6 Å². The average Bonchev–Trinajstić information content (AvgIpc) is 2.86. The second-order valence-electron chi connectivity index (χ2n) is 4.84. The van der Waals surface area contributed by atoms with E-state index in [4.69, 9.17) is 0 Å². The van der Waals surface area contributed by atoms with Gasteiger partial charge < -0.3 is 5.32 Å². The summed E-state index contributed by atoms with van der Waals surface area (Å²) >= 11 is 1.52. The number of hydrogen-bond acceptors (Lipinski definition) is 3. The zero-order valence-corrected chi connectivity index (χ0v) is 13.0. The van der Waals surface area contributed by atoms with E-state index >= 15 is 0 Å². The topological polar surface area (TPSA) is 52.9 Å². The van der Waals surface area contributed by atoms with Gasteiger partial charge in [-0.15, -0.1) is 11.3 Å². The Morgan fingerprint density at radius 1 is 1.24 bits per heavy atom. The Kier molecular flexibility index (Phi) is 4.56. The van der Waals surface area contributed by atoms with Crippen LogP contribution < -0.4 is 5.32 Å². The molecule has 0 saturated heterocycles. The molecule has 21 heavy (non-hydrogen) atoms. The fourth-order valence-corrected chi connectivity index (χ4v) is 2.75. The number of nitrogens with zero attached hydrogens (tertiary/aromatic N) is 1. The number of amides is 1. The summed E-state index contributed by atoms with van der Waals surface area (Å²) in [6.45, 7) is 5.89. The lowest BCUT2D eigenvalue weighted by Gasteiger charge is -2.09. The predicted molar refractivity (Wildman–Crippen MR) is 87.2 cm³/mol. The molecular formula is C17H16N2OS. The van der Waals surface area contributed by atoms with Crippen LogP contribution in [0.4, 0.5) is 5.69 Å². The monoisotopic (exact) mass is 296 g/mol. The molecule has 0 unspecified atom stereocenters. The summed E-state index contributed by atoms with van der Waals surface area (Å²) in [5.74, 6) is -0.376. The van der Waals surface area contributed by atoms with Crippen molar-refractivity contribution in [2.75, 3.05) is 5.32 Å². The van der Waals surface area contributed by atoms with Crippen LogP contribution in [0.2, 0.25) is 0 Å². The SMILES string of the molecule is Cc1ccsc1/C=C(\C#N)C(=O)Nc1cccc(C)c1C. The van der Waals surface area contributed by atoms with Crippen LogP contribution in [0.5, 0.6) is 0 Å². The van der Waals surface area contributed by atoms with Crippen LogP contribution in [-0.2, 0) is 4.79 Å². The lowest BCUT2D eigenvalue weighted by molar-refractivity contribution is -0.112. The summed E-state index contributed by atoms with van der Waals surface area (Å²) in [7, 11) is 0. The highest BCUT2D eigenvalue weighted by molar-refractivity contribution is 7.11. The fourth-order valence-electron chi connectivity index (χ4n) is 1.89. The Labute approximate surface area is 128 Å². The van der Waals surface area contributed by atoms with Crippen LogP contribution >= 0.6 is 11.3 Å². The number of nitriles is 1. The van der Waals surface area contributed by atoms with Crippen molar-refractivity contribution in [2.45, 2.75) is 20.8 Å². The van der Waals surface area contributed by atoms with E-state index in [1.165, 1.54) is 11.3 Å². The molecule has 0 aliphatic rings. The smallest absolute Gasteiger partial charge is 0.266 e. The third-order valence-corrected chi connectivity index (χ3v) is 4.36. The molecule has 1 heterocycles. The molecule has 2 aromatic rings. The van der Waals surface area contributed by atoms with Gasteiger partial charge in [-0.05, 0) is 61.1 Å². The van der Waals surface area contributed by atoms with Crippen molar-refractivity contribution in [3.63, 3.8) is 0 Å². The van der Waals surface area contributed by atoms with Crippen LogP contribution in [-0.4, -0.2) is 5.91 Å². The van der Waals surface area contributed by atoms with E-state index in [1.54, 1.807) is 6.08 Å². The number of carbonyl (C=O) groups excluding carboxylic acids is 1. The zero-order valence-electron chi connectivity index (χ0n) is 12.2. The maximum atomic E-state index is 12.2. The van der Waals surface area contributed by atoms with Crippen molar-refractivity contribution in [3.8, 4) is 6.07 Å². The van der Waals surface area contributed by atoms with Crippen LogP contribution in [0.15, 0.2) is 35.2 Å². The molecule has 0 fully saturated rings. The molecule has 1 amide bonds. The minimum Gasteiger partial charge on any atom is -0.321 e. The van der Waals surface area contributed by atoms with Crippen molar-refractivity contribution in [2.24, 2.45) is 0 Å². The molecule has 1 aromatic carbocycles. The average molecular weight is 296 g/mol. The minimum atomic E-state index is -0.376. The van der Waals surface area contributed by atoms with Gasteiger partial charge in [0.15, 0.2) is 0 Å². The molecule has 0 aliphatic carbocycles. The second-order valence-corrected chi connectivity index (χ2v) is 5.79. The number of carbonyl (C=O) groups is 1. The highest BCUT2D eigenvalue weighted by Gasteiger charge is 2.12. The van der Waals surface area contributed by atoms with E-state index in [9.17, 15) is 10.1 Å². The number of benzene rings is 1. The Bertz CT molecular complexity index is 750. The molecule has 0 bridgehead atoms. The number of hydrogen-bond donors (Lipinski definition) is 1. The first-order valence-electron chi connectivity index (χ1n) is 6.56. The molecule has 0 spiro atoms. The third-order valence-electron chi connectivity index (χ3n) is 3.40. The van der Waals surface area contributed by atoms with Gasteiger partial charge in [0, 0.05) is 10.6 Å². The first-order valence-corrected chi connectivity index (χ1v) is 7.44. The first-order chi connectivity index (χ1) is 10.0. The van der Waals surface area contributed by atoms with E-state index < -0.39 is 0 Å². The maximum absolute atomic E-state index is 12.2. The quantitative estimate of drug-likeness (QED) is 0.681. The highest BCUT2D eigenvalue weighted by Crippen LogP contribution is 2.21. The molecule has 2 rings (SSSR count). The van der Waals surface area contributed by atoms with Crippen LogP contribution in [0.3, 0.4) is 0 Å². The number of thiophene rings is 1. The van der Waals surface area contributed by atoms with Crippen molar-refractivity contribution >= 4 is 29.0 Å². The summed E-state index contributed by atoms with van der Waals surface area (Å²) in [5.41, 5.74) is 4.03. The predicted octanol–water partition coefficient (Wildman–Crippen LogP) is 4.22. The molecule has 4 heteroatoms. The Balaban J connectivity index is 2.26. The molecule has 106 valence electrons. The van der Waals surface area contributed by atoms with Gasteiger partial charge >= 0.3 is 0 Å². The highest BCUT2D eigenvalue weighted by atomic mass is 32.1. The van der Waals surface area contributed by atoms with E-state index in [1.807, 2.05) is 56.5 Å². The van der Waals surface area contributed by atoms with Crippen molar-refractivity contribution in [1.82, 2.24) is 0 Å². The molecule has 3 nitrogen and oxygen atoms in total. The van der Waals surface area contributed by atoms with E-state index in [0.29, 0.717) is 0 Å². The van der Waals surface area contributed by atoms with E-state index in [2.05, 4.69) is 5.32 Å². The van der Waals surface area contributed by atoms with Crippen LogP contribution in [0.25, 0.3) is 6.08 Å². The number of aryl methyl sites for hydroxylation is 2. The van der Waals surface area contributed by atoms with E-state index in [-0.39, 0.29) is 11.5 Å². The van der Waals surface area contributed by atoms with Crippen LogP contribution in [0.1, 0.15) is 21.6 Å². The van der Waals surface area contributed by atoms with Gasteiger partial charge in [0.25, 0.3) is 5.91 Å². The van der Waals surface area contributed by atoms with Crippen molar-refractivity contribution in [1.29, 1.82) is 5.26 Å². The Morgan fingerprint density at radius 2 is 2.00 bits per heavy atom. The zero-order chi connectivity index (χ0) is 15.4.